The van der Waals surface area contributed by atoms with Gasteiger partial charge in [-0.25, -0.2) is 0 Å². The van der Waals surface area contributed by atoms with Crippen molar-refractivity contribution in [2.45, 2.75) is 20.8 Å². The van der Waals surface area contributed by atoms with E-state index in [1.807, 2.05) is 32.9 Å². The zero-order chi connectivity index (χ0) is 13.4. The molecule has 0 aliphatic heterocycles. The molecule has 0 atom stereocenters. The highest BCUT2D eigenvalue weighted by atomic mass is 16.3. The van der Waals surface area contributed by atoms with E-state index in [4.69, 9.17) is 0 Å². The molecule has 0 unspecified atom stereocenters. The highest BCUT2D eigenvalue weighted by Gasteiger charge is 2.17. The predicted octanol–water partition coefficient (Wildman–Crippen LogP) is 3.40. The fourth-order valence-corrected chi connectivity index (χ4v) is 2.39. The van der Waals surface area contributed by atoms with Crippen LogP contribution in [0, 0.1) is 20.8 Å². The zero-order valence-electron chi connectivity index (χ0n) is 10.7. The molecule has 0 bridgehead atoms. The zero-order valence-corrected chi connectivity index (χ0v) is 10.7. The third-order valence-corrected chi connectivity index (χ3v) is 3.06. The van der Waals surface area contributed by atoms with Crippen LogP contribution in [-0.4, -0.2) is 15.3 Å². The Morgan fingerprint density at radius 3 is 1.78 bits per heavy atom. The van der Waals surface area contributed by atoms with Crippen LogP contribution in [-0.2, 0) is 0 Å². The van der Waals surface area contributed by atoms with Crippen molar-refractivity contribution in [3.05, 3.63) is 41.0 Å². The first kappa shape index (κ1) is 12.3. The number of rotatable bonds is 1. The van der Waals surface area contributed by atoms with Crippen LogP contribution in [0.3, 0.4) is 0 Å². The molecule has 0 radical (unpaired) electrons. The van der Waals surface area contributed by atoms with Crippen LogP contribution >= 0.6 is 0 Å². The van der Waals surface area contributed by atoms with Crippen molar-refractivity contribution >= 4 is 0 Å². The van der Waals surface area contributed by atoms with Crippen molar-refractivity contribution in [1.82, 2.24) is 0 Å². The van der Waals surface area contributed by atoms with Gasteiger partial charge in [0.1, 0.15) is 5.75 Å². The fourth-order valence-electron chi connectivity index (χ4n) is 2.39. The number of aryl methyl sites for hydroxylation is 3. The van der Waals surface area contributed by atoms with E-state index in [9.17, 15) is 15.3 Å². The maximum absolute atomic E-state index is 9.94. The van der Waals surface area contributed by atoms with Crippen molar-refractivity contribution in [3.63, 3.8) is 0 Å². The number of phenolic OH excluding ortho intramolecular Hbond substituents is 3. The van der Waals surface area contributed by atoms with Crippen LogP contribution in [0.2, 0.25) is 0 Å². The van der Waals surface area contributed by atoms with Gasteiger partial charge in [-0.1, -0.05) is 17.7 Å². The van der Waals surface area contributed by atoms with E-state index in [0.29, 0.717) is 0 Å². The Hall–Kier alpha value is -2.16. The number of benzene rings is 2. The molecular weight excluding hydrogens is 228 g/mol. The van der Waals surface area contributed by atoms with Crippen molar-refractivity contribution in [3.8, 4) is 28.4 Å². The Morgan fingerprint density at radius 1 is 0.722 bits per heavy atom. The molecule has 3 heteroatoms. The molecule has 0 aliphatic carbocycles. The van der Waals surface area contributed by atoms with E-state index < -0.39 is 0 Å². The molecule has 0 saturated heterocycles. The number of aromatic hydroxyl groups is 3. The van der Waals surface area contributed by atoms with Crippen molar-refractivity contribution in [2.24, 2.45) is 0 Å². The molecule has 2 aromatic rings. The normalized spacial score (nSPS) is 10.6. The summed E-state index contributed by atoms with van der Waals surface area (Å²) < 4.78 is 0. The third-order valence-electron chi connectivity index (χ3n) is 3.06. The van der Waals surface area contributed by atoms with Crippen LogP contribution < -0.4 is 0 Å². The van der Waals surface area contributed by atoms with E-state index in [0.717, 1.165) is 22.3 Å². The lowest BCUT2D eigenvalue weighted by Gasteiger charge is -2.15. The SMILES string of the molecule is Cc1cc(C)c(-c2c(O)ccc(O)c2O)c(C)c1. The molecule has 0 aliphatic rings. The Kier molecular flexibility index (Phi) is 2.91. The average molecular weight is 244 g/mol. The molecule has 0 aromatic heterocycles. The van der Waals surface area contributed by atoms with E-state index >= 15 is 0 Å². The van der Waals surface area contributed by atoms with Crippen LogP contribution in [0.4, 0.5) is 0 Å². The first-order valence-corrected chi connectivity index (χ1v) is 5.74. The number of phenols is 3. The quantitative estimate of drug-likeness (QED) is 0.532. The largest absolute Gasteiger partial charge is 0.507 e. The van der Waals surface area contributed by atoms with Gasteiger partial charge >= 0.3 is 0 Å². The van der Waals surface area contributed by atoms with E-state index in [2.05, 4.69) is 0 Å². The molecular formula is C15H16O3. The van der Waals surface area contributed by atoms with Gasteiger partial charge in [0.05, 0.1) is 5.56 Å². The van der Waals surface area contributed by atoms with Gasteiger partial charge in [0.2, 0.25) is 0 Å². The van der Waals surface area contributed by atoms with Crippen LogP contribution in [0.1, 0.15) is 16.7 Å². The van der Waals surface area contributed by atoms with Gasteiger partial charge in [0.15, 0.2) is 11.5 Å². The summed E-state index contributed by atoms with van der Waals surface area (Å²) in [4.78, 5) is 0. The van der Waals surface area contributed by atoms with Crippen molar-refractivity contribution < 1.29 is 15.3 Å². The Labute approximate surface area is 106 Å². The standard InChI is InChI=1S/C15H16O3/c1-8-6-9(2)13(10(3)7-8)14-11(16)4-5-12(17)15(14)18/h4-7,16-18H,1-3H3. The minimum absolute atomic E-state index is 0.0413. The maximum Gasteiger partial charge on any atom is 0.169 e. The summed E-state index contributed by atoms with van der Waals surface area (Å²) >= 11 is 0. The van der Waals surface area contributed by atoms with E-state index in [1.54, 1.807) is 0 Å². The first-order valence-electron chi connectivity index (χ1n) is 5.74. The summed E-state index contributed by atoms with van der Waals surface area (Å²) in [6.45, 7) is 5.82. The Balaban J connectivity index is 2.81. The molecule has 2 aromatic carbocycles. The van der Waals surface area contributed by atoms with Crippen molar-refractivity contribution in [2.75, 3.05) is 0 Å². The molecule has 3 nitrogen and oxygen atoms in total. The van der Waals surface area contributed by atoms with E-state index in [1.165, 1.54) is 12.1 Å². The van der Waals surface area contributed by atoms with Crippen LogP contribution in [0.25, 0.3) is 11.1 Å². The highest BCUT2D eigenvalue weighted by molar-refractivity contribution is 5.83. The predicted molar refractivity (Wildman–Crippen MR) is 71.1 cm³/mol. The van der Waals surface area contributed by atoms with Crippen LogP contribution in [0.15, 0.2) is 24.3 Å². The smallest absolute Gasteiger partial charge is 0.169 e. The molecule has 0 heterocycles. The minimum Gasteiger partial charge on any atom is -0.507 e. The molecule has 0 spiro atoms. The van der Waals surface area contributed by atoms with Gasteiger partial charge in [0.25, 0.3) is 0 Å². The Morgan fingerprint density at radius 2 is 1.22 bits per heavy atom. The average Bonchev–Trinajstić information content (AvgIpc) is 2.27. The third kappa shape index (κ3) is 1.88. The van der Waals surface area contributed by atoms with Gasteiger partial charge < -0.3 is 15.3 Å². The van der Waals surface area contributed by atoms with E-state index in [-0.39, 0.29) is 22.8 Å². The summed E-state index contributed by atoms with van der Waals surface area (Å²) in [7, 11) is 0. The molecule has 94 valence electrons. The fraction of sp³-hybridized carbons (Fsp3) is 0.200. The highest BCUT2D eigenvalue weighted by Crippen LogP contribution is 2.45. The molecule has 3 N–H and O–H groups in total. The van der Waals surface area contributed by atoms with Gasteiger partial charge in [-0.2, -0.15) is 0 Å². The molecule has 18 heavy (non-hydrogen) atoms. The summed E-state index contributed by atoms with van der Waals surface area (Å²) in [5, 5.41) is 29.4. The van der Waals surface area contributed by atoms with Gasteiger partial charge in [-0.3, -0.25) is 0 Å². The molecule has 0 amide bonds. The maximum atomic E-state index is 9.94. The summed E-state index contributed by atoms with van der Waals surface area (Å²) in [5.74, 6) is -0.562. The minimum atomic E-state index is -0.287. The number of hydrogen-bond donors (Lipinski definition) is 3. The topological polar surface area (TPSA) is 60.7 Å². The lowest BCUT2D eigenvalue weighted by atomic mass is 9.92. The number of hydrogen-bond acceptors (Lipinski definition) is 3. The monoisotopic (exact) mass is 244 g/mol. The van der Waals surface area contributed by atoms with Gasteiger partial charge in [-0.05, 0) is 49.6 Å². The second-order valence-electron chi connectivity index (χ2n) is 4.60. The van der Waals surface area contributed by atoms with Crippen molar-refractivity contribution in [1.29, 1.82) is 0 Å². The second kappa shape index (κ2) is 4.26. The second-order valence-corrected chi connectivity index (χ2v) is 4.60. The lowest BCUT2D eigenvalue weighted by Crippen LogP contribution is -1.91. The lowest BCUT2D eigenvalue weighted by molar-refractivity contribution is 0.398. The summed E-state index contributed by atoms with van der Waals surface area (Å²) in [6.07, 6.45) is 0. The van der Waals surface area contributed by atoms with Gasteiger partial charge in [0, 0.05) is 0 Å². The summed E-state index contributed by atoms with van der Waals surface area (Å²) in [6, 6.07) is 6.60. The molecule has 0 fully saturated rings. The Bertz CT molecular complexity index is 592. The van der Waals surface area contributed by atoms with Gasteiger partial charge in [-0.15, -0.1) is 0 Å². The van der Waals surface area contributed by atoms with Crippen LogP contribution in [0.5, 0.6) is 17.2 Å². The first-order chi connectivity index (χ1) is 8.41. The molecule has 0 saturated carbocycles. The molecule has 2 rings (SSSR count). The summed E-state index contributed by atoms with van der Waals surface area (Å²) in [5.41, 5.74) is 4.05.